The highest BCUT2D eigenvalue weighted by atomic mass is 35.5. The van der Waals surface area contributed by atoms with E-state index in [9.17, 15) is 0 Å². The first-order valence-corrected chi connectivity index (χ1v) is 11.4. The lowest BCUT2D eigenvalue weighted by Crippen LogP contribution is -2.13. The Kier molecular flexibility index (Phi) is 6.59. The number of ether oxygens (including phenoxy) is 1. The topological polar surface area (TPSA) is 56.7 Å². The molecular weight excluding hydrogens is 438 g/mol. The average Bonchev–Trinajstić information content (AvgIpc) is 3.48. The molecule has 0 amide bonds. The second-order valence-electron chi connectivity index (χ2n) is 6.35. The molecule has 3 aromatic heterocycles. The number of methoxy groups -OCH3 is 1. The smallest absolute Gasteiger partial charge is 0.206 e. The van der Waals surface area contributed by atoms with E-state index in [1.54, 1.807) is 40.7 Å². The van der Waals surface area contributed by atoms with Crippen LogP contribution in [0.2, 0.25) is 5.15 Å². The zero-order valence-electron chi connectivity index (χ0n) is 16.5. The third-order valence-electron chi connectivity index (χ3n) is 4.35. The highest BCUT2D eigenvalue weighted by Crippen LogP contribution is 2.26. The van der Waals surface area contributed by atoms with E-state index < -0.39 is 0 Å². The molecule has 0 bridgehead atoms. The van der Waals surface area contributed by atoms with Crippen LogP contribution < -0.4 is 4.80 Å². The van der Waals surface area contributed by atoms with Gasteiger partial charge in [0.2, 0.25) is 4.80 Å². The molecule has 3 heterocycles. The first-order valence-electron chi connectivity index (χ1n) is 9.28. The van der Waals surface area contributed by atoms with Crippen LogP contribution in [0.25, 0.3) is 16.3 Å². The maximum absolute atomic E-state index is 6.65. The van der Waals surface area contributed by atoms with Crippen LogP contribution in [0, 0.1) is 6.92 Å². The van der Waals surface area contributed by atoms with Crippen LogP contribution in [-0.2, 0) is 4.74 Å². The van der Waals surface area contributed by atoms with Crippen LogP contribution in [-0.4, -0.2) is 40.9 Å². The second kappa shape index (κ2) is 9.53. The molecule has 0 fully saturated rings. The number of nitrogens with zero attached hydrogens (tertiary/aromatic N) is 5. The maximum Gasteiger partial charge on any atom is 0.206 e. The van der Waals surface area contributed by atoms with Crippen molar-refractivity contribution in [2.24, 2.45) is 10.1 Å². The molecule has 0 spiro atoms. The van der Waals surface area contributed by atoms with Gasteiger partial charge in [0.1, 0.15) is 5.15 Å². The molecule has 0 atom stereocenters. The van der Waals surface area contributed by atoms with Crippen LogP contribution in [0.1, 0.15) is 11.3 Å². The van der Waals surface area contributed by atoms with Gasteiger partial charge in [0.05, 0.1) is 46.9 Å². The molecule has 0 N–H and O–H groups in total. The molecule has 30 heavy (non-hydrogen) atoms. The van der Waals surface area contributed by atoms with E-state index >= 15 is 0 Å². The molecule has 154 valence electrons. The summed E-state index contributed by atoms with van der Waals surface area (Å²) in [5.41, 5.74) is 3.48. The summed E-state index contributed by atoms with van der Waals surface area (Å²) in [6, 6.07) is 13.9. The van der Waals surface area contributed by atoms with Crippen LogP contribution in [0.4, 0.5) is 0 Å². The summed E-state index contributed by atoms with van der Waals surface area (Å²) in [5, 5.41) is 14.0. The number of aryl methyl sites for hydroxylation is 1. The van der Waals surface area contributed by atoms with Gasteiger partial charge < -0.3 is 4.74 Å². The third-order valence-corrected chi connectivity index (χ3v) is 6.46. The fourth-order valence-electron chi connectivity index (χ4n) is 2.86. The summed E-state index contributed by atoms with van der Waals surface area (Å²) < 4.78 is 8.70. The third kappa shape index (κ3) is 4.32. The summed E-state index contributed by atoms with van der Waals surface area (Å²) in [6.45, 7) is 3.06. The molecule has 0 aliphatic rings. The molecule has 0 aliphatic carbocycles. The van der Waals surface area contributed by atoms with Gasteiger partial charge in [-0.25, -0.2) is 9.36 Å². The zero-order chi connectivity index (χ0) is 20.9. The Bertz CT molecular complexity index is 1210. The van der Waals surface area contributed by atoms with E-state index in [0.29, 0.717) is 18.3 Å². The maximum atomic E-state index is 6.65. The molecule has 6 nitrogen and oxygen atoms in total. The number of hydrogen-bond donors (Lipinski definition) is 0. The van der Waals surface area contributed by atoms with Crippen molar-refractivity contribution >= 4 is 40.5 Å². The Morgan fingerprint density at radius 2 is 2.00 bits per heavy atom. The van der Waals surface area contributed by atoms with Crippen molar-refractivity contribution in [1.82, 2.24) is 14.5 Å². The van der Waals surface area contributed by atoms with Crippen molar-refractivity contribution in [3.63, 3.8) is 0 Å². The standard InChI is InChI=1S/C21H20ClN5OS2/c1-15-17(20(22)26(25-15)16-7-4-3-5-8-16)13-24-27-18(19-9-6-12-29-19)14-30-21(27)23-10-11-28-2/h3-9,12-14H,10-11H2,1-2H3. The molecule has 9 heteroatoms. The summed E-state index contributed by atoms with van der Waals surface area (Å²) >= 11 is 9.87. The van der Waals surface area contributed by atoms with Gasteiger partial charge >= 0.3 is 0 Å². The van der Waals surface area contributed by atoms with Crippen molar-refractivity contribution in [1.29, 1.82) is 0 Å². The Labute approximate surface area is 187 Å². The lowest BCUT2D eigenvalue weighted by atomic mass is 10.3. The highest BCUT2D eigenvalue weighted by molar-refractivity contribution is 7.14. The van der Waals surface area contributed by atoms with E-state index in [1.807, 2.05) is 53.4 Å². The minimum absolute atomic E-state index is 0.522. The Morgan fingerprint density at radius 3 is 2.73 bits per heavy atom. The zero-order valence-corrected chi connectivity index (χ0v) is 18.9. The Hall–Kier alpha value is -2.52. The molecule has 4 rings (SSSR count). The first-order chi connectivity index (χ1) is 14.7. The van der Waals surface area contributed by atoms with E-state index in [2.05, 4.69) is 21.5 Å². The van der Waals surface area contributed by atoms with Crippen molar-refractivity contribution < 1.29 is 4.74 Å². The van der Waals surface area contributed by atoms with Gasteiger partial charge in [-0.3, -0.25) is 4.99 Å². The molecule has 1 aromatic carbocycles. The van der Waals surface area contributed by atoms with Crippen LogP contribution in [0.3, 0.4) is 0 Å². The van der Waals surface area contributed by atoms with Gasteiger partial charge in [0.15, 0.2) is 0 Å². The van der Waals surface area contributed by atoms with Gasteiger partial charge in [-0.2, -0.15) is 10.2 Å². The van der Waals surface area contributed by atoms with Crippen molar-refractivity contribution in [2.45, 2.75) is 6.92 Å². The number of rotatable bonds is 7. The summed E-state index contributed by atoms with van der Waals surface area (Å²) in [6.07, 6.45) is 1.75. The van der Waals surface area contributed by atoms with Gasteiger partial charge in [0.25, 0.3) is 0 Å². The average molecular weight is 458 g/mol. The number of hydrogen-bond acceptors (Lipinski definition) is 6. The quantitative estimate of drug-likeness (QED) is 0.294. The SMILES string of the molecule is COCCN=c1scc(-c2cccs2)n1N=Cc1c(C)nn(-c2ccccc2)c1Cl. The van der Waals surface area contributed by atoms with Crippen LogP contribution in [0.5, 0.6) is 0 Å². The number of benzene rings is 1. The predicted molar refractivity (Wildman–Crippen MR) is 124 cm³/mol. The lowest BCUT2D eigenvalue weighted by molar-refractivity contribution is 0.207. The number of para-hydroxylation sites is 1. The van der Waals surface area contributed by atoms with E-state index in [1.165, 1.54) is 0 Å². The summed E-state index contributed by atoms with van der Waals surface area (Å²) in [4.78, 5) is 6.56. The summed E-state index contributed by atoms with van der Waals surface area (Å²) in [5.74, 6) is 0. The van der Waals surface area contributed by atoms with Crippen LogP contribution >= 0.6 is 34.3 Å². The van der Waals surface area contributed by atoms with Crippen LogP contribution in [0.15, 0.2) is 63.3 Å². The molecule has 0 saturated carbocycles. The minimum atomic E-state index is 0.522. The molecule has 0 aliphatic heterocycles. The fourth-order valence-corrected chi connectivity index (χ4v) is 4.84. The number of aromatic nitrogens is 3. The number of thiazole rings is 1. The molecular formula is C21H20ClN5OS2. The van der Waals surface area contributed by atoms with E-state index in [4.69, 9.17) is 21.4 Å². The van der Waals surface area contributed by atoms with E-state index in [-0.39, 0.29) is 0 Å². The van der Waals surface area contributed by atoms with Gasteiger partial charge in [-0.1, -0.05) is 35.9 Å². The van der Waals surface area contributed by atoms with Crippen molar-refractivity contribution in [2.75, 3.05) is 20.3 Å². The number of thiophene rings is 1. The summed E-state index contributed by atoms with van der Waals surface area (Å²) in [7, 11) is 1.67. The van der Waals surface area contributed by atoms with Gasteiger partial charge in [-0.15, -0.1) is 22.7 Å². The number of halogens is 1. The van der Waals surface area contributed by atoms with Crippen molar-refractivity contribution in [3.8, 4) is 16.3 Å². The molecule has 0 radical (unpaired) electrons. The van der Waals surface area contributed by atoms with Gasteiger partial charge in [-0.05, 0) is 30.5 Å². The lowest BCUT2D eigenvalue weighted by Gasteiger charge is -2.02. The minimum Gasteiger partial charge on any atom is -0.383 e. The van der Waals surface area contributed by atoms with Gasteiger partial charge in [0, 0.05) is 12.5 Å². The highest BCUT2D eigenvalue weighted by Gasteiger charge is 2.14. The van der Waals surface area contributed by atoms with Crippen molar-refractivity contribution in [3.05, 3.63) is 74.4 Å². The molecule has 0 unspecified atom stereocenters. The second-order valence-corrected chi connectivity index (χ2v) is 8.49. The van der Waals surface area contributed by atoms with E-state index in [0.717, 1.165) is 32.3 Å². The first kappa shape index (κ1) is 20.7. The predicted octanol–water partition coefficient (Wildman–Crippen LogP) is 4.85. The fraction of sp³-hybridized carbons (Fsp3) is 0.190. The molecule has 4 aromatic rings. The Morgan fingerprint density at radius 1 is 1.17 bits per heavy atom. The largest absolute Gasteiger partial charge is 0.383 e. The normalized spacial score (nSPS) is 12.3. The monoisotopic (exact) mass is 457 g/mol. The molecule has 0 saturated heterocycles. The Balaban J connectivity index is 1.75.